The standard InChI is InChI=1S/C32H30Br2N2O2S2/c33-27-7-11-29(12-8-27)35-23-25-3-15-31(16-4-25)37-19-1-21-39-40-22-2-20-38-32-17-5-26(6-18-32)24-36-30-13-9-28(34)10-14-30/h3-18,23-24H,1-2,19-22H2. The predicted molar refractivity (Wildman–Crippen MR) is 181 cm³/mol. The second kappa shape index (κ2) is 17.3. The molecule has 0 amide bonds. The summed E-state index contributed by atoms with van der Waals surface area (Å²) < 4.78 is 13.9. The van der Waals surface area contributed by atoms with Crippen LogP contribution < -0.4 is 9.47 Å². The Morgan fingerprint density at radius 2 is 0.900 bits per heavy atom. The molecule has 0 spiro atoms. The average Bonchev–Trinajstić information content (AvgIpc) is 2.99. The molecule has 40 heavy (non-hydrogen) atoms. The molecule has 0 bridgehead atoms. The minimum Gasteiger partial charge on any atom is -0.494 e. The van der Waals surface area contributed by atoms with E-state index in [0.29, 0.717) is 13.2 Å². The zero-order valence-electron chi connectivity index (χ0n) is 21.9. The molecule has 0 saturated carbocycles. The molecule has 0 fully saturated rings. The van der Waals surface area contributed by atoms with Crippen molar-refractivity contribution >= 4 is 77.3 Å². The van der Waals surface area contributed by atoms with E-state index in [2.05, 4.69) is 41.8 Å². The molecule has 0 saturated heterocycles. The zero-order chi connectivity index (χ0) is 27.8. The third kappa shape index (κ3) is 11.5. The second-order valence-corrected chi connectivity index (χ2v) is 13.2. The Morgan fingerprint density at radius 3 is 1.27 bits per heavy atom. The molecule has 0 aliphatic rings. The number of rotatable bonds is 15. The fraction of sp³-hybridized carbons (Fsp3) is 0.188. The van der Waals surface area contributed by atoms with E-state index < -0.39 is 0 Å². The first-order chi connectivity index (χ1) is 19.6. The maximum absolute atomic E-state index is 5.88. The topological polar surface area (TPSA) is 43.2 Å². The fourth-order valence-electron chi connectivity index (χ4n) is 3.39. The maximum atomic E-state index is 5.88. The van der Waals surface area contributed by atoms with Gasteiger partial charge in [-0.1, -0.05) is 53.4 Å². The van der Waals surface area contributed by atoms with Gasteiger partial charge in [-0.05, 0) is 121 Å². The third-order valence-electron chi connectivity index (χ3n) is 5.50. The van der Waals surface area contributed by atoms with E-state index >= 15 is 0 Å². The Hall–Kier alpha value is -2.52. The molecular formula is C32H30Br2N2O2S2. The van der Waals surface area contributed by atoms with Gasteiger partial charge in [0.15, 0.2) is 0 Å². The number of halogens is 2. The van der Waals surface area contributed by atoms with Crippen molar-refractivity contribution < 1.29 is 9.47 Å². The molecular weight excluding hydrogens is 668 g/mol. The molecule has 0 N–H and O–H groups in total. The minimum atomic E-state index is 0.715. The van der Waals surface area contributed by atoms with Crippen LogP contribution in [0.4, 0.5) is 11.4 Å². The quantitative estimate of drug-likeness (QED) is 0.0704. The summed E-state index contributed by atoms with van der Waals surface area (Å²) in [5.74, 6) is 3.90. The van der Waals surface area contributed by atoms with Crippen LogP contribution in [0.5, 0.6) is 11.5 Å². The van der Waals surface area contributed by atoms with Crippen molar-refractivity contribution in [3.05, 3.63) is 117 Å². The molecule has 4 aromatic carbocycles. The average molecular weight is 699 g/mol. The van der Waals surface area contributed by atoms with E-state index in [1.54, 1.807) is 0 Å². The lowest BCUT2D eigenvalue weighted by Gasteiger charge is -2.07. The van der Waals surface area contributed by atoms with Crippen LogP contribution in [0.2, 0.25) is 0 Å². The van der Waals surface area contributed by atoms with E-state index in [9.17, 15) is 0 Å². The highest BCUT2D eigenvalue weighted by Crippen LogP contribution is 2.23. The van der Waals surface area contributed by atoms with Gasteiger partial charge >= 0.3 is 0 Å². The summed E-state index contributed by atoms with van der Waals surface area (Å²) in [6, 6.07) is 31.9. The third-order valence-corrected chi connectivity index (χ3v) is 9.14. The summed E-state index contributed by atoms with van der Waals surface area (Å²) >= 11 is 6.88. The Balaban J connectivity index is 1.01. The van der Waals surface area contributed by atoms with Gasteiger partial charge in [-0.3, -0.25) is 9.98 Å². The lowest BCUT2D eigenvalue weighted by molar-refractivity contribution is 0.318. The van der Waals surface area contributed by atoms with E-state index in [0.717, 1.165) is 67.3 Å². The largest absolute Gasteiger partial charge is 0.494 e. The number of hydrogen-bond acceptors (Lipinski definition) is 6. The second-order valence-electron chi connectivity index (χ2n) is 8.66. The van der Waals surface area contributed by atoms with Crippen LogP contribution in [-0.2, 0) is 0 Å². The van der Waals surface area contributed by atoms with Gasteiger partial charge in [0.1, 0.15) is 11.5 Å². The van der Waals surface area contributed by atoms with Gasteiger partial charge in [0.25, 0.3) is 0 Å². The maximum Gasteiger partial charge on any atom is 0.119 e. The highest BCUT2D eigenvalue weighted by Gasteiger charge is 1.98. The normalized spacial score (nSPS) is 11.3. The number of nitrogens with zero attached hydrogens (tertiary/aromatic N) is 2. The number of hydrogen-bond donors (Lipinski definition) is 0. The molecule has 0 atom stereocenters. The van der Waals surface area contributed by atoms with Crippen LogP contribution in [0.3, 0.4) is 0 Å². The van der Waals surface area contributed by atoms with Crippen LogP contribution in [-0.4, -0.2) is 37.1 Å². The molecule has 4 rings (SSSR count). The van der Waals surface area contributed by atoms with E-state index in [1.807, 2.05) is 131 Å². The van der Waals surface area contributed by atoms with Crippen LogP contribution in [0.15, 0.2) is 116 Å². The fourth-order valence-corrected chi connectivity index (χ4v) is 6.04. The molecule has 4 aromatic rings. The molecule has 0 unspecified atom stereocenters. The Labute approximate surface area is 261 Å². The van der Waals surface area contributed by atoms with E-state index in [1.165, 1.54) is 0 Å². The van der Waals surface area contributed by atoms with Gasteiger partial charge in [0, 0.05) is 32.9 Å². The Morgan fingerprint density at radius 1 is 0.525 bits per heavy atom. The molecule has 4 nitrogen and oxygen atoms in total. The summed E-state index contributed by atoms with van der Waals surface area (Å²) in [4.78, 5) is 9.00. The summed E-state index contributed by atoms with van der Waals surface area (Å²) in [6.07, 6.45) is 5.76. The molecule has 0 radical (unpaired) electrons. The predicted octanol–water partition coefficient (Wildman–Crippen LogP) is 10.3. The molecule has 8 heteroatoms. The Kier molecular flexibility index (Phi) is 13.2. The minimum absolute atomic E-state index is 0.715. The summed E-state index contributed by atoms with van der Waals surface area (Å²) in [5, 5.41) is 0. The smallest absolute Gasteiger partial charge is 0.119 e. The molecule has 0 aliphatic heterocycles. The van der Waals surface area contributed by atoms with Crippen LogP contribution >= 0.6 is 53.4 Å². The highest BCUT2D eigenvalue weighted by atomic mass is 79.9. The van der Waals surface area contributed by atoms with Crippen molar-refractivity contribution in [2.75, 3.05) is 24.7 Å². The highest BCUT2D eigenvalue weighted by molar-refractivity contribution is 9.10. The van der Waals surface area contributed by atoms with Crippen molar-refractivity contribution in [3.8, 4) is 11.5 Å². The van der Waals surface area contributed by atoms with Gasteiger partial charge < -0.3 is 9.47 Å². The first-order valence-corrected chi connectivity index (χ1v) is 17.0. The SMILES string of the molecule is Brc1ccc(N=Cc2ccc(OCCCSSCCCOc3ccc(C=Nc4ccc(Br)cc4)cc3)cc2)cc1. The summed E-state index contributed by atoms with van der Waals surface area (Å²) in [6.45, 7) is 1.43. The number of benzene rings is 4. The van der Waals surface area contributed by atoms with Gasteiger partial charge in [-0.25, -0.2) is 0 Å². The monoisotopic (exact) mass is 696 g/mol. The van der Waals surface area contributed by atoms with Gasteiger partial charge in [-0.2, -0.15) is 0 Å². The van der Waals surface area contributed by atoms with Crippen molar-refractivity contribution in [2.24, 2.45) is 9.98 Å². The molecule has 0 aliphatic carbocycles. The van der Waals surface area contributed by atoms with Gasteiger partial charge in [-0.15, -0.1) is 0 Å². The van der Waals surface area contributed by atoms with Gasteiger partial charge in [0.05, 0.1) is 24.6 Å². The van der Waals surface area contributed by atoms with Gasteiger partial charge in [0.2, 0.25) is 0 Å². The van der Waals surface area contributed by atoms with Crippen molar-refractivity contribution in [2.45, 2.75) is 12.8 Å². The number of aliphatic imine (C=N–C) groups is 2. The first-order valence-electron chi connectivity index (χ1n) is 12.9. The van der Waals surface area contributed by atoms with E-state index in [4.69, 9.17) is 9.47 Å². The molecule has 0 aromatic heterocycles. The summed E-state index contributed by atoms with van der Waals surface area (Å²) in [5.41, 5.74) is 3.95. The first kappa shape index (κ1) is 30.4. The summed E-state index contributed by atoms with van der Waals surface area (Å²) in [7, 11) is 3.78. The van der Waals surface area contributed by atoms with Crippen LogP contribution in [0.1, 0.15) is 24.0 Å². The van der Waals surface area contributed by atoms with Crippen molar-refractivity contribution in [3.63, 3.8) is 0 Å². The zero-order valence-corrected chi connectivity index (χ0v) is 26.7. The van der Waals surface area contributed by atoms with Crippen molar-refractivity contribution in [1.29, 1.82) is 0 Å². The van der Waals surface area contributed by atoms with E-state index in [-0.39, 0.29) is 0 Å². The number of ether oxygens (including phenoxy) is 2. The molecule has 0 heterocycles. The van der Waals surface area contributed by atoms with Crippen LogP contribution in [0.25, 0.3) is 0 Å². The van der Waals surface area contributed by atoms with Crippen molar-refractivity contribution in [1.82, 2.24) is 0 Å². The van der Waals surface area contributed by atoms with Crippen LogP contribution in [0, 0.1) is 0 Å². The lowest BCUT2D eigenvalue weighted by Crippen LogP contribution is -1.99. The lowest BCUT2D eigenvalue weighted by atomic mass is 10.2. The molecule has 206 valence electrons. The Bertz CT molecular complexity index is 1240.